The number of carbonyl (C=O) groups excluding carboxylic acids is 1. The van der Waals surface area contributed by atoms with Crippen molar-refractivity contribution in [1.29, 1.82) is 0 Å². The SMILES string of the molecule is CCC1CCC(=O)CC1S(=O)CC. The van der Waals surface area contributed by atoms with Gasteiger partial charge in [-0.2, -0.15) is 0 Å². The summed E-state index contributed by atoms with van der Waals surface area (Å²) in [6, 6.07) is 0. The highest BCUT2D eigenvalue weighted by Gasteiger charge is 2.31. The van der Waals surface area contributed by atoms with E-state index in [1.54, 1.807) is 0 Å². The summed E-state index contributed by atoms with van der Waals surface area (Å²) in [4.78, 5) is 11.2. The summed E-state index contributed by atoms with van der Waals surface area (Å²) in [6.07, 6.45) is 3.27. The summed E-state index contributed by atoms with van der Waals surface area (Å²) in [5.41, 5.74) is 0. The van der Waals surface area contributed by atoms with Crippen molar-refractivity contribution < 1.29 is 9.00 Å². The molecule has 76 valence electrons. The molecule has 0 aromatic heterocycles. The lowest BCUT2D eigenvalue weighted by molar-refractivity contribution is -0.120. The predicted octanol–water partition coefficient (Wildman–Crippen LogP) is 1.90. The predicted molar refractivity (Wildman–Crippen MR) is 55.1 cm³/mol. The second kappa shape index (κ2) is 4.89. The lowest BCUT2D eigenvalue weighted by Gasteiger charge is -2.28. The molecule has 1 fully saturated rings. The van der Waals surface area contributed by atoms with Crippen molar-refractivity contribution in [3.05, 3.63) is 0 Å². The molecule has 1 aliphatic rings. The number of carbonyl (C=O) groups is 1. The van der Waals surface area contributed by atoms with Crippen LogP contribution in [0.4, 0.5) is 0 Å². The molecular weight excluding hydrogens is 184 g/mol. The Morgan fingerprint density at radius 2 is 2.15 bits per heavy atom. The second-order valence-electron chi connectivity index (χ2n) is 3.66. The van der Waals surface area contributed by atoms with Crippen LogP contribution in [0.25, 0.3) is 0 Å². The van der Waals surface area contributed by atoms with Crippen LogP contribution < -0.4 is 0 Å². The third-order valence-electron chi connectivity index (χ3n) is 2.90. The zero-order chi connectivity index (χ0) is 9.84. The van der Waals surface area contributed by atoms with Gasteiger partial charge in [0.2, 0.25) is 0 Å². The molecule has 0 N–H and O–H groups in total. The van der Waals surface area contributed by atoms with Gasteiger partial charge in [0.15, 0.2) is 0 Å². The normalized spacial score (nSPS) is 31.7. The Morgan fingerprint density at radius 1 is 1.46 bits per heavy atom. The third-order valence-corrected chi connectivity index (χ3v) is 4.69. The van der Waals surface area contributed by atoms with Crippen LogP contribution in [-0.4, -0.2) is 21.0 Å². The summed E-state index contributed by atoms with van der Waals surface area (Å²) in [5.74, 6) is 1.50. The summed E-state index contributed by atoms with van der Waals surface area (Å²) >= 11 is 0. The van der Waals surface area contributed by atoms with E-state index < -0.39 is 10.8 Å². The molecular formula is C10H18O2S. The van der Waals surface area contributed by atoms with E-state index in [1.165, 1.54) is 0 Å². The molecule has 3 unspecified atom stereocenters. The minimum absolute atomic E-state index is 0.149. The van der Waals surface area contributed by atoms with Gasteiger partial charge in [-0.1, -0.05) is 20.3 Å². The topological polar surface area (TPSA) is 34.1 Å². The smallest absolute Gasteiger partial charge is 0.134 e. The van der Waals surface area contributed by atoms with Gasteiger partial charge in [0.1, 0.15) is 5.78 Å². The fourth-order valence-electron chi connectivity index (χ4n) is 2.01. The zero-order valence-corrected chi connectivity index (χ0v) is 9.23. The lowest BCUT2D eigenvalue weighted by atomic mass is 9.86. The first kappa shape index (κ1) is 10.9. The van der Waals surface area contributed by atoms with Crippen LogP contribution in [0.3, 0.4) is 0 Å². The Labute approximate surface area is 82.6 Å². The molecule has 1 aliphatic carbocycles. The molecule has 2 nitrogen and oxygen atoms in total. The molecule has 1 rings (SSSR count). The van der Waals surface area contributed by atoms with E-state index in [0.717, 1.165) is 12.8 Å². The van der Waals surface area contributed by atoms with E-state index in [2.05, 4.69) is 6.92 Å². The van der Waals surface area contributed by atoms with Gasteiger partial charge in [0.25, 0.3) is 0 Å². The first-order valence-electron chi connectivity index (χ1n) is 5.07. The van der Waals surface area contributed by atoms with E-state index in [9.17, 15) is 9.00 Å². The fraction of sp³-hybridized carbons (Fsp3) is 0.900. The first-order valence-corrected chi connectivity index (χ1v) is 6.46. The van der Waals surface area contributed by atoms with Gasteiger partial charge < -0.3 is 0 Å². The molecule has 0 bridgehead atoms. The largest absolute Gasteiger partial charge is 0.300 e. The Morgan fingerprint density at radius 3 is 2.69 bits per heavy atom. The quantitative estimate of drug-likeness (QED) is 0.700. The number of rotatable bonds is 3. The number of Topliss-reactive ketones (excluding diaryl/α,β-unsaturated/α-hetero) is 1. The van der Waals surface area contributed by atoms with Crippen molar-refractivity contribution in [2.75, 3.05) is 5.75 Å². The van der Waals surface area contributed by atoms with Crippen molar-refractivity contribution in [2.24, 2.45) is 5.92 Å². The average Bonchev–Trinajstić information content (AvgIpc) is 2.16. The average molecular weight is 202 g/mol. The molecule has 0 heterocycles. The highest BCUT2D eigenvalue weighted by atomic mass is 32.2. The third kappa shape index (κ3) is 2.63. The van der Waals surface area contributed by atoms with Crippen LogP contribution >= 0.6 is 0 Å². The van der Waals surface area contributed by atoms with E-state index in [-0.39, 0.29) is 5.25 Å². The maximum atomic E-state index is 11.6. The number of hydrogen-bond donors (Lipinski definition) is 0. The minimum atomic E-state index is -0.785. The Balaban J connectivity index is 2.64. The molecule has 0 amide bonds. The maximum Gasteiger partial charge on any atom is 0.134 e. The van der Waals surface area contributed by atoms with Crippen LogP contribution in [0, 0.1) is 5.92 Å². The van der Waals surface area contributed by atoms with Crippen LogP contribution in [0.5, 0.6) is 0 Å². The molecule has 3 heteroatoms. The van der Waals surface area contributed by atoms with Gasteiger partial charge in [0, 0.05) is 34.6 Å². The first-order chi connectivity index (χ1) is 6.19. The lowest BCUT2D eigenvalue weighted by Crippen LogP contribution is -2.33. The van der Waals surface area contributed by atoms with Gasteiger partial charge >= 0.3 is 0 Å². The van der Waals surface area contributed by atoms with Gasteiger partial charge in [0.05, 0.1) is 0 Å². The Bertz CT molecular complexity index is 213. The molecule has 0 radical (unpaired) electrons. The second-order valence-corrected chi connectivity index (χ2v) is 5.60. The molecule has 1 saturated carbocycles. The van der Waals surface area contributed by atoms with E-state index in [4.69, 9.17) is 0 Å². The standard InChI is InChI=1S/C10H18O2S/c1-3-8-5-6-9(11)7-10(8)13(12)4-2/h8,10H,3-7H2,1-2H3. The fourth-order valence-corrected chi connectivity index (χ4v) is 3.57. The maximum absolute atomic E-state index is 11.6. The van der Waals surface area contributed by atoms with Gasteiger partial charge in [-0.25, -0.2) is 0 Å². The summed E-state index contributed by atoms with van der Waals surface area (Å²) in [7, 11) is -0.785. The van der Waals surface area contributed by atoms with Crippen LogP contribution in [0.1, 0.15) is 39.5 Å². The molecule has 0 saturated heterocycles. The Kier molecular flexibility index (Phi) is 4.10. The summed E-state index contributed by atoms with van der Waals surface area (Å²) < 4.78 is 11.6. The van der Waals surface area contributed by atoms with Gasteiger partial charge in [-0.05, 0) is 12.3 Å². The molecule has 3 atom stereocenters. The molecule has 13 heavy (non-hydrogen) atoms. The van der Waals surface area contributed by atoms with Crippen LogP contribution in [-0.2, 0) is 15.6 Å². The van der Waals surface area contributed by atoms with Gasteiger partial charge in [-0.3, -0.25) is 9.00 Å². The Hall–Kier alpha value is -0.180. The van der Waals surface area contributed by atoms with E-state index >= 15 is 0 Å². The van der Waals surface area contributed by atoms with Crippen molar-refractivity contribution in [1.82, 2.24) is 0 Å². The van der Waals surface area contributed by atoms with Crippen LogP contribution in [0.15, 0.2) is 0 Å². The van der Waals surface area contributed by atoms with Crippen LogP contribution in [0.2, 0.25) is 0 Å². The molecule has 0 aromatic rings. The van der Waals surface area contributed by atoms with Crippen molar-refractivity contribution in [3.8, 4) is 0 Å². The highest BCUT2D eigenvalue weighted by Crippen LogP contribution is 2.28. The van der Waals surface area contributed by atoms with Gasteiger partial charge in [-0.15, -0.1) is 0 Å². The summed E-state index contributed by atoms with van der Waals surface area (Å²) in [5, 5.41) is 0.149. The van der Waals surface area contributed by atoms with Crippen molar-refractivity contribution in [3.63, 3.8) is 0 Å². The molecule has 0 aromatic carbocycles. The monoisotopic (exact) mass is 202 g/mol. The molecule has 0 spiro atoms. The number of hydrogen-bond acceptors (Lipinski definition) is 2. The van der Waals surface area contributed by atoms with Crippen molar-refractivity contribution in [2.45, 2.75) is 44.8 Å². The van der Waals surface area contributed by atoms with E-state index in [0.29, 0.717) is 30.3 Å². The number of ketones is 1. The van der Waals surface area contributed by atoms with Crippen molar-refractivity contribution >= 4 is 16.6 Å². The van der Waals surface area contributed by atoms with E-state index in [1.807, 2.05) is 6.92 Å². The molecule has 0 aliphatic heterocycles. The summed E-state index contributed by atoms with van der Waals surface area (Å²) in [6.45, 7) is 4.06. The zero-order valence-electron chi connectivity index (χ0n) is 8.41. The minimum Gasteiger partial charge on any atom is -0.300 e. The highest BCUT2D eigenvalue weighted by molar-refractivity contribution is 7.85.